The molecule has 2 aromatic heterocycles. The maximum Gasteiger partial charge on any atom is 0.0998 e. The molecule has 0 atom stereocenters. The fourth-order valence-corrected chi connectivity index (χ4v) is 7.64. The molecule has 0 bridgehead atoms. The summed E-state index contributed by atoms with van der Waals surface area (Å²) in [5.41, 5.74) is 13.2. The van der Waals surface area contributed by atoms with E-state index < -0.39 is 0 Å². The van der Waals surface area contributed by atoms with Gasteiger partial charge in [0.15, 0.2) is 0 Å². The molecule has 0 aliphatic heterocycles. The summed E-state index contributed by atoms with van der Waals surface area (Å²) in [4.78, 5) is 0. The van der Waals surface area contributed by atoms with Gasteiger partial charge in [-0.05, 0) is 102 Å². The van der Waals surface area contributed by atoms with Crippen LogP contribution in [0.25, 0.3) is 72.4 Å². The number of rotatable bonds is 4. The number of aromatic nitrogens is 2. The highest BCUT2D eigenvalue weighted by molar-refractivity contribution is 6.09. The lowest BCUT2D eigenvalue weighted by Crippen LogP contribution is -2.02. The van der Waals surface area contributed by atoms with Gasteiger partial charge in [-0.2, -0.15) is 15.8 Å². The molecule has 0 unspecified atom stereocenters. The summed E-state index contributed by atoms with van der Waals surface area (Å²) in [7, 11) is 0. The normalized spacial score (nSPS) is 12.1. The minimum Gasteiger partial charge on any atom is -0.309 e. The van der Waals surface area contributed by atoms with Gasteiger partial charge in [-0.1, -0.05) is 66.7 Å². The standard InChI is InChI=1S/C45H27N5/c46-26-29-13-21-44(50-42-11-5-1-7-35(42)36-8-2-6-12-43(36)50)39(23-29)32-17-15-31(16-18-32)38-25-34(20-19-33(38)28-48)49-41-10-4-3-9-37(41)40-24-30(27-47)14-22-45(40)49/h1,3-7,9-25H,2,8H2. The summed E-state index contributed by atoms with van der Waals surface area (Å²) in [5, 5.41) is 33.0. The van der Waals surface area contributed by atoms with E-state index in [1.54, 1.807) is 0 Å². The van der Waals surface area contributed by atoms with Crippen LogP contribution in [0, 0.1) is 34.0 Å². The molecular weight excluding hydrogens is 611 g/mol. The molecule has 0 spiro atoms. The molecule has 0 fully saturated rings. The van der Waals surface area contributed by atoms with E-state index in [0.29, 0.717) is 16.7 Å². The third-order valence-corrected chi connectivity index (χ3v) is 9.91. The van der Waals surface area contributed by atoms with Crippen molar-refractivity contribution in [1.82, 2.24) is 9.13 Å². The van der Waals surface area contributed by atoms with Crippen LogP contribution in [-0.4, -0.2) is 9.13 Å². The Bertz CT molecular complexity index is 2840. The summed E-state index contributed by atoms with van der Waals surface area (Å²) in [6.45, 7) is 0. The van der Waals surface area contributed by atoms with Crippen LogP contribution in [0.1, 0.15) is 34.4 Å². The fraction of sp³-hybridized carbons (Fsp3) is 0.0444. The molecule has 1 aliphatic rings. The lowest BCUT2D eigenvalue weighted by Gasteiger charge is -2.17. The molecular formula is C45H27N5. The van der Waals surface area contributed by atoms with Crippen LogP contribution >= 0.6 is 0 Å². The molecule has 5 heteroatoms. The second-order valence-corrected chi connectivity index (χ2v) is 12.6. The third-order valence-electron chi connectivity index (χ3n) is 9.91. The summed E-state index contributed by atoms with van der Waals surface area (Å²) >= 11 is 0. The summed E-state index contributed by atoms with van der Waals surface area (Å²) in [6, 6.07) is 49.7. The van der Waals surface area contributed by atoms with Crippen LogP contribution in [0.2, 0.25) is 0 Å². The zero-order valence-corrected chi connectivity index (χ0v) is 26.9. The second kappa shape index (κ2) is 11.5. The van der Waals surface area contributed by atoms with Crippen molar-refractivity contribution in [2.75, 3.05) is 0 Å². The summed E-state index contributed by atoms with van der Waals surface area (Å²) in [5.74, 6) is 0. The van der Waals surface area contributed by atoms with Gasteiger partial charge in [-0.3, -0.25) is 0 Å². The van der Waals surface area contributed by atoms with Crippen molar-refractivity contribution < 1.29 is 0 Å². The van der Waals surface area contributed by atoms with Crippen LogP contribution in [0.15, 0.2) is 133 Å². The van der Waals surface area contributed by atoms with E-state index in [0.717, 1.165) is 73.8 Å². The Morgan fingerprint density at radius 1 is 0.520 bits per heavy atom. The average molecular weight is 638 g/mol. The highest BCUT2D eigenvalue weighted by atomic mass is 15.0. The first-order valence-corrected chi connectivity index (χ1v) is 16.6. The number of aryl methyl sites for hydroxylation is 1. The summed E-state index contributed by atoms with van der Waals surface area (Å²) in [6.07, 6.45) is 6.47. The van der Waals surface area contributed by atoms with E-state index in [1.165, 1.54) is 16.6 Å². The molecule has 5 nitrogen and oxygen atoms in total. The number of allylic oxidation sites excluding steroid dienone is 1. The molecule has 0 amide bonds. The minimum absolute atomic E-state index is 0.582. The topological polar surface area (TPSA) is 81.2 Å². The van der Waals surface area contributed by atoms with Crippen molar-refractivity contribution in [3.63, 3.8) is 0 Å². The Hall–Kier alpha value is -7.13. The zero-order chi connectivity index (χ0) is 33.8. The predicted molar refractivity (Wildman–Crippen MR) is 200 cm³/mol. The quantitative estimate of drug-likeness (QED) is 0.193. The first kappa shape index (κ1) is 29.0. The smallest absolute Gasteiger partial charge is 0.0998 e. The van der Waals surface area contributed by atoms with E-state index in [2.05, 4.69) is 112 Å². The minimum atomic E-state index is 0.582. The van der Waals surface area contributed by atoms with Gasteiger partial charge in [0.25, 0.3) is 0 Å². The fourth-order valence-electron chi connectivity index (χ4n) is 7.64. The van der Waals surface area contributed by atoms with Gasteiger partial charge in [0, 0.05) is 38.7 Å². The molecule has 50 heavy (non-hydrogen) atoms. The van der Waals surface area contributed by atoms with E-state index in [-0.39, 0.29) is 0 Å². The molecule has 8 aromatic rings. The Balaban J connectivity index is 1.19. The van der Waals surface area contributed by atoms with Crippen LogP contribution in [-0.2, 0) is 6.42 Å². The van der Waals surface area contributed by atoms with Gasteiger partial charge in [0.05, 0.1) is 57.1 Å². The van der Waals surface area contributed by atoms with E-state index in [4.69, 9.17) is 0 Å². The molecule has 232 valence electrons. The van der Waals surface area contributed by atoms with Crippen molar-refractivity contribution in [3.05, 3.63) is 161 Å². The Labute approximate surface area is 289 Å². The maximum atomic E-state index is 10.2. The van der Waals surface area contributed by atoms with Gasteiger partial charge < -0.3 is 9.13 Å². The van der Waals surface area contributed by atoms with Gasteiger partial charge in [-0.15, -0.1) is 0 Å². The van der Waals surface area contributed by atoms with Gasteiger partial charge in [-0.25, -0.2) is 0 Å². The third kappa shape index (κ3) is 4.45. The van der Waals surface area contributed by atoms with Crippen molar-refractivity contribution >= 4 is 38.8 Å². The number of hydrogen-bond donors (Lipinski definition) is 0. The molecule has 0 saturated carbocycles. The van der Waals surface area contributed by atoms with Crippen molar-refractivity contribution in [1.29, 1.82) is 15.8 Å². The van der Waals surface area contributed by atoms with E-state index in [9.17, 15) is 15.8 Å². The number of nitrogens with zero attached hydrogens (tertiary/aromatic N) is 5. The molecule has 9 rings (SSSR count). The van der Waals surface area contributed by atoms with Crippen molar-refractivity contribution in [3.8, 4) is 51.8 Å². The number of hydrogen-bond acceptors (Lipinski definition) is 3. The molecule has 2 heterocycles. The maximum absolute atomic E-state index is 10.2. The number of benzene rings is 6. The van der Waals surface area contributed by atoms with Crippen molar-refractivity contribution in [2.24, 2.45) is 0 Å². The first-order valence-electron chi connectivity index (χ1n) is 16.6. The Kier molecular flexibility index (Phi) is 6.70. The second-order valence-electron chi connectivity index (χ2n) is 12.6. The lowest BCUT2D eigenvalue weighted by atomic mass is 9.95. The highest BCUT2D eigenvalue weighted by Crippen LogP contribution is 2.39. The SMILES string of the molecule is N#Cc1ccc(-n2c3c(c4ccccc42)CCC=C3)c(-c2ccc(-c3cc(-n4c5ccccc5c5cc(C#N)ccc54)ccc3C#N)cc2)c1. The largest absolute Gasteiger partial charge is 0.309 e. The molecule has 0 saturated heterocycles. The van der Waals surface area contributed by atoms with E-state index >= 15 is 0 Å². The van der Waals surface area contributed by atoms with Crippen LogP contribution in [0.4, 0.5) is 0 Å². The van der Waals surface area contributed by atoms with Gasteiger partial charge in [0.1, 0.15) is 0 Å². The van der Waals surface area contributed by atoms with E-state index in [1.807, 2.05) is 54.6 Å². The van der Waals surface area contributed by atoms with Gasteiger partial charge in [0.2, 0.25) is 0 Å². The number of fused-ring (bicyclic) bond motifs is 6. The Morgan fingerprint density at radius 3 is 1.94 bits per heavy atom. The first-order chi connectivity index (χ1) is 24.7. The van der Waals surface area contributed by atoms with Crippen LogP contribution < -0.4 is 0 Å². The van der Waals surface area contributed by atoms with Crippen LogP contribution in [0.3, 0.4) is 0 Å². The molecule has 1 aliphatic carbocycles. The average Bonchev–Trinajstić information content (AvgIpc) is 3.70. The number of para-hydroxylation sites is 2. The molecule has 0 N–H and O–H groups in total. The highest BCUT2D eigenvalue weighted by Gasteiger charge is 2.21. The van der Waals surface area contributed by atoms with Crippen LogP contribution in [0.5, 0.6) is 0 Å². The molecule has 0 radical (unpaired) electrons. The zero-order valence-electron chi connectivity index (χ0n) is 26.9. The predicted octanol–water partition coefficient (Wildman–Crippen LogP) is 10.6. The van der Waals surface area contributed by atoms with Gasteiger partial charge >= 0.3 is 0 Å². The summed E-state index contributed by atoms with van der Waals surface area (Å²) < 4.78 is 4.52. The monoisotopic (exact) mass is 637 g/mol. The lowest BCUT2D eigenvalue weighted by molar-refractivity contribution is 0.968. The Morgan fingerprint density at radius 2 is 1.18 bits per heavy atom. The molecule has 6 aromatic carbocycles. The van der Waals surface area contributed by atoms with Crippen molar-refractivity contribution in [2.45, 2.75) is 12.8 Å². The number of nitriles is 3.